The lowest BCUT2D eigenvalue weighted by molar-refractivity contribution is 0.0519. The lowest BCUT2D eigenvalue weighted by atomic mass is 10.0. The summed E-state index contributed by atoms with van der Waals surface area (Å²) >= 11 is 0. The molecule has 1 aromatic carbocycles. The van der Waals surface area contributed by atoms with Crippen molar-refractivity contribution in [1.29, 1.82) is 0 Å². The summed E-state index contributed by atoms with van der Waals surface area (Å²) in [6.07, 6.45) is 7.72. The Morgan fingerprint density at radius 3 is 2.87 bits per heavy atom. The van der Waals surface area contributed by atoms with Crippen LogP contribution in [-0.2, 0) is 17.7 Å². The molecular formula is C28H28F2N6O3. The number of fused-ring (bicyclic) bond motifs is 2. The Morgan fingerprint density at radius 2 is 2.03 bits per heavy atom. The second kappa shape index (κ2) is 10.1. The van der Waals surface area contributed by atoms with Crippen LogP contribution < -0.4 is 10.2 Å². The molecule has 2 atom stereocenters. The zero-order valence-electron chi connectivity index (χ0n) is 21.4. The molecule has 2 aliphatic heterocycles. The maximum atomic E-state index is 14.6. The van der Waals surface area contributed by atoms with E-state index in [-0.39, 0.29) is 30.3 Å². The van der Waals surface area contributed by atoms with E-state index in [0.29, 0.717) is 49.0 Å². The van der Waals surface area contributed by atoms with Gasteiger partial charge in [-0.2, -0.15) is 5.10 Å². The highest BCUT2D eigenvalue weighted by Crippen LogP contribution is 2.38. The van der Waals surface area contributed by atoms with E-state index in [9.17, 15) is 18.4 Å². The summed E-state index contributed by atoms with van der Waals surface area (Å²) in [4.78, 5) is 31.8. The van der Waals surface area contributed by atoms with Crippen LogP contribution in [0.3, 0.4) is 0 Å². The molecule has 9 nitrogen and oxygen atoms in total. The molecule has 1 amide bonds. The molecule has 0 radical (unpaired) electrons. The molecule has 1 unspecified atom stereocenters. The highest BCUT2D eigenvalue weighted by molar-refractivity contribution is 6.01. The number of anilines is 1. The Balaban J connectivity index is 1.21. The monoisotopic (exact) mass is 534 g/mol. The van der Waals surface area contributed by atoms with Crippen LogP contribution >= 0.6 is 0 Å². The number of hydrogen-bond acceptors (Lipinski definition) is 6. The quantitative estimate of drug-likeness (QED) is 0.375. The molecule has 0 bridgehead atoms. The van der Waals surface area contributed by atoms with Gasteiger partial charge >= 0.3 is 5.97 Å². The number of benzene rings is 1. The van der Waals surface area contributed by atoms with Gasteiger partial charge in [0.05, 0.1) is 29.9 Å². The zero-order valence-corrected chi connectivity index (χ0v) is 21.4. The number of ether oxygens (including phenoxy) is 1. The maximum Gasteiger partial charge on any atom is 0.358 e. The highest BCUT2D eigenvalue weighted by atomic mass is 19.1. The van der Waals surface area contributed by atoms with Gasteiger partial charge in [-0.1, -0.05) is 0 Å². The fraction of sp³-hybridized carbons (Fsp3) is 0.357. The predicted octanol–water partition coefficient (Wildman–Crippen LogP) is 4.07. The third-order valence-corrected chi connectivity index (χ3v) is 7.48. The van der Waals surface area contributed by atoms with E-state index in [1.165, 1.54) is 18.3 Å². The minimum atomic E-state index is -0.467. The number of rotatable bonds is 6. The molecular weight excluding hydrogens is 506 g/mol. The van der Waals surface area contributed by atoms with Crippen LogP contribution in [-0.4, -0.2) is 50.2 Å². The van der Waals surface area contributed by atoms with E-state index in [2.05, 4.69) is 20.3 Å². The van der Waals surface area contributed by atoms with Gasteiger partial charge in [0, 0.05) is 49.2 Å². The Hall–Kier alpha value is -4.28. The first-order valence-corrected chi connectivity index (χ1v) is 13.1. The maximum absolute atomic E-state index is 14.6. The van der Waals surface area contributed by atoms with Crippen LogP contribution in [0, 0.1) is 11.6 Å². The average Bonchev–Trinajstić information content (AvgIpc) is 3.67. The van der Waals surface area contributed by atoms with Crippen LogP contribution in [0.25, 0.3) is 5.52 Å². The number of hydrogen-bond donors (Lipinski definition) is 1. The van der Waals surface area contributed by atoms with Gasteiger partial charge in [-0.25, -0.2) is 23.1 Å². The van der Waals surface area contributed by atoms with Crippen LogP contribution in [0.4, 0.5) is 14.5 Å². The minimum absolute atomic E-state index is 0.153. The molecule has 0 spiro atoms. The topological polar surface area (TPSA) is 93.8 Å². The van der Waals surface area contributed by atoms with E-state index < -0.39 is 17.6 Å². The van der Waals surface area contributed by atoms with Crippen LogP contribution in [0.15, 0.2) is 48.9 Å². The zero-order chi connectivity index (χ0) is 27.1. The van der Waals surface area contributed by atoms with Crippen molar-refractivity contribution >= 4 is 23.1 Å². The number of carbonyl (C=O) groups excluding carboxylic acids is 2. The van der Waals surface area contributed by atoms with Gasteiger partial charge < -0.3 is 19.5 Å². The lowest BCUT2D eigenvalue weighted by Gasteiger charge is -2.27. The fourth-order valence-corrected chi connectivity index (χ4v) is 5.61. The Bertz CT molecular complexity index is 1560. The fourth-order valence-electron chi connectivity index (χ4n) is 5.61. The Morgan fingerprint density at radius 1 is 1.15 bits per heavy atom. The molecule has 1 saturated heterocycles. The van der Waals surface area contributed by atoms with Crippen molar-refractivity contribution in [3.63, 3.8) is 0 Å². The summed E-state index contributed by atoms with van der Waals surface area (Å²) in [6, 6.07) is 6.85. The average molecular weight is 535 g/mol. The lowest BCUT2D eigenvalue weighted by Crippen LogP contribution is -2.40. The van der Waals surface area contributed by atoms with E-state index in [0.717, 1.165) is 24.0 Å². The normalized spacial score (nSPS) is 18.8. The van der Waals surface area contributed by atoms with Gasteiger partial charge in [0.2, 0.25) is 0 Å². The summed E-state index contributed by atoms with van der Waals surface area (Å²) < 4.78 is 37.1. The van der Waals surface area contributed by atoms with E-state index >= 15 is 0 Å². The first-order chi connectivity index (χ1) is 18.9. The summed E-state index contributed by atoms with van der Waals surface area (Å²) in [7, 11) is 0. The number of halogens is 2. The molecule has 3 aromatic heterocycles. The number of aromatic nitrogens is 4. The molecule has 4 aromatic rings. The summed E-state index contributed by atoms with van der Waals surface area (Å²) in [5.74, 6) is -0.886. The van der Waals surface area contributed by atoms with E-state index in [1.807, 2.05) is 16.7 Å². The molecule has 202 valence electrons. The molecule has 2 aliphatic rings. The van der Waals surface area contributed by atoms with Gasteiger partial charge in [0.25, 0.3) is 5.91 Å². The van der Waals surface area contributed by atoms with Crippen molar-refractivity contribution in [3.8, 4) is 0 Å². The number of esters is 1. The molecule has 11 heteroatoms. The van der Waals surface area contributed by atoms with Crippen LogP contribution in [0.5, 0.6) is 0 Å². The van der Waals surface area contributed by atoms with Crippen molar-refractivity contribution in [2.75, 3.05) is 18.1 Å². The number of imidazole rings is 1. The number of carbonyl (C=O) groups is 2. The number of nitrogens with one attached hydrogen (secondary N) is 1. The Labute approximate surface area is 223 Å². The van der Waals surface area contributed by atoms with Crippen LogP contribution in [0.1, 0.15) is 64.5 Å². The Kier molecular flexibility index (Phi) is 6.49. The van der Waals surface area contributed by atoms with Crippen molar-refractivity contribution in [2.24, 2.45) is 0 Å². The van der Waals surface area contributed by atoms with Crippen LogP contribution in [0.2, 0.25) is 0 Å². The SMILES string of the molecule is CCOC(=O)c1cn2c(n1)CC(NC(=O)c1cnn3ccc(N4CCC[C@@H]4c4cc(F)ccc4F)cc13)CC2. The van der Waals surface area contributed by atoms with Gasteiger partial charge in [-0.05, 0) is 56.5 Å². The van der Waals surface area contributed by atoms with Gasteiger partial charge in [-0.15, -0.1) is 0 Å². The number of amides is 1. The summed E-state index contributed by atoms with van der Waals surface area (Å²) in [5.41, 5.74) is 2.46. The largest absolute Gasteiger partial charge is 0.461 e. The first kappa shape index (κ1) is 25.0. The van der Waals surface area contributed by atoms with Gasteiger partial charge in [0.1, 0.15) is 17.5 Å². The van der Waals surface area contributed by atoms with Crippen molar-refractivity contribution in [1.82, 2.24) is 24.5 Å². The first-order valence-electron chi connectivity index (χ1n) is 13.1. The summed E-state index contributed by atoms with van der Waals surface area (Å²) in [6.45, 7) is 3.34. The van der Waals surface area contributed by atoms with Gasteiger partial charge in [0.15, 0.2) is 5.69 Å². The van der Waals surface area contributed by atoms with Crippen molar-refractivity contribution in [3.05, 3.63) is 83.2 Å². The molecule has 6 rings (SSSR count). The van der Waals surface area contributed by atoms with E-state index in [4.69, 9.17) is 4.74 Å². The molecule has 0 saturated carbocycles. The highest BCUT2D eigenvalue weighted by Gasteiger charge is 2.30. The van der Waals surface area contributed by atoms with E-state index in [1.54, 1.807) is 23.8 Å². The number of nitrogens with zero attached hydrogens (tertiary/aromatic N) is 5. The second-order valence-electron chi connectivity index (χ2n) is 9.91. The third-order valence-electron chi connectivity index (χ3n) is 7.48. The standard InChI is InChI=1S/C28H28F2N6O3/c1-2-39-28(38)23-16-34-10-7-18(13-26(34)33-23)32-27(37)21-15-31-36-11-8-19(14-25(21)36)35-9-3-4-24(35)20-12-17(29)5-6-22(20)30/h5-6,8,11-12,14-16,18,24H,2-4,7,9-10,13H2,1H3,(H,32,37)/t18?,24-/m1/s1. The number of aryl methyl sites for hydroxylation is 1. The molecule has 1 N–H and O–H groups in total. The van der Waals surface area contributed by atoms with Crippen molar-refractivity contribution in [2.45, 2.75) is 51.2 Å². The molecule has 5 heterocycles. The van der Waals surface area contributed by atoms with Gasteiger partial charge in [-0.3, -0.25) is 4.79 Å². The second-order valence-corrected chi connectivity index (χ2v) is 9.91. The third kappa shape index (κ3) is 4.73. The summed E-state index contributed by atoms with van der Waals surface area (Å²) in [5, 5.41) is 7.43. The minimum Gasteiger partial charge on any atom is -0.461 e. The predicted molar refractivity (Wildman–Crippen MR) is 139 cm³/mol. The molecule has 0 aliphatic carbocycles. The van der Waals surface area contributed by atoms with Crippen molar-refractivity contribution < 1.29 is 23.1 Å². The smallest absolute Gasteiger partial charge is 0.358 e. The number of pyridine rings is 1. The molecule has 1 fully saturated rings. The molecule has 39 heavy (non-hydrogen) atoms.